The van der Waals surface area contributed by atoms with Crippen molar-refractivity contribution in [2.75, 3.05) is 11.9 Å². The Kier molecular flexibility index (Phi) is 5.77. The number of thiophene rings is 1. The third-order valence-electron chi connectivity index (χ3n) is 5.88. The highest BCUT2D eigenvalue weighted by molar-refractivity contribution is 7.10. The summed E-state index contributed by atoms with van der Waals surface area (Å²) in [6.07, 6.45) is 2.07. The van der Waals surface area contributed by atoms with Gasteiger partial charge in [0.25, 0.3) is 11.8 Å². The van der Waals surface area contributed by atoms with Crippen molar-refractivity contribution in [1.82, 2.24) is 19.5 Å². The molecular weight excluding hydrogens is 483 g/mol. The number of rotatable bonds is 4. The van der Waals surface area contributed by atoms with Crippen LogP contribution in [0.15, 0.2) is 48.4 Å². The van der Waals surface area contributed by atoms with Gasteiger partial charge < -0.3 is 15.3 Å². The number of nitrogens with one attached hydrogen (secondary N) is 1. The topological polar surface area (TPSA) is 99.8 Å². The summed E-state index contributed by atoms with van der Waals surface area (Å²) < 4.78 is 41.4. The van der Waals surface area contributed by atoms with Gasteiger partial charge in [-0.25, -0.2) is 4.52 Å². The van der Waals surface area contributed by atoms with Gasteiger partial charge in [0.15, 0.2) is 0 Å². The minimum Gasteiger partial charge on any atom is -0.392 e. The Morgan fingerprint density at radius 3 is 2.80 bits per heavy atom. The fourth-order valence-electron chi connectivity index (χ4n) is 4.12. The molecule has 2 amide bonds. The Labute approximate surface area is 200 Å². The van der Waals surface area contributed by atoms with E-state index >= 15 is 0 Å². The van der Waals surface area contributed by atoms with Gasteiger partial charge >= 0.3 is 6.18 Å². The first-order chi connectivity index (χ1) is 16.8. The first kappa shape index (κ1) is 23.0. The summed E-state index contributed by atoms with van der Waals surface area (Å²) in [6.45, 7) is -0.0703. The van der Waals surface area contributed by atoms with E-state index in [2.05, 4.69) is 15.4 Å². The van der Waals surface area contributed by atoms with E-state index in [4.69, 9.17) is 0 Å². The van der Waals surface area contributed by atoms with Crippen molar-refractivity contribution < 1.29 is 27.9 Å². The average molecular weight is 501 g/mol. The molecule has 0 fully saturated rings. The highest BCUT2D eigenvalue weighted by Gasteiger charge is 2.34. The number of hydrogen-bond donors (Lipinski definition) is 2. The number of carbonyl (C=O) groups excluding carboxylic acids is 2. The predicted octanol–water partition coefficient (Wildman–Crippen LogP) is 3.75. The maximum atomic E-state index is 13.3. The summed E-state index contributed by atoms with van der Waals surface area (Å²) in [4.78, 5) is 32.5. The summed E-state index contributed by atoms with van der Waals surface area (Å²) >= 11 is 1.33. The number of aliphatic hydroxyl groups excluding tert-OH is 1. The van der Waals surface area contributed by atoms with Gasteiger partial charge in [0.1, 0.15) is 0 Å². The molecule has 0 radical (unpaired) electrons. The van der Waals surface area contributed by atoms with E-state index in [1.807, 2.05) is 0 Å². The van der Waals surface area contributed by atoms with Crippen LogP contribution >= 0.6 is 11.3 Å². The van der Waals surface area contributed by atoms with E-state index in [0.29, 0.717) is 36.2 Å². The van der Waals surface area contributed by atoms with E-state index in [9.17, 15) is 27.9 Å². The van der Waals surface area contributed by atoms with Crippen molar-refractivity contribution in [1.29, 1.82) is 0 Å². The van der Waals surface area contributed by atoms with Crippen LogP contribution in [-0.4, -0.2) is 43.0 Å². The molecule has 0 unspecified atom stereocenters. The molecule has 1 aliphatic heterocycles. The van der Waals surface area contributed by atoms with Crippen LogP contribution in [0.4, 0.5) is 18.9 Å². The maximum Gasteiger partial charge on any atom is 0.416 e. The van der Waals surface area contributed by atoms with Gasteiger partial charge in [0, 0.05) is 34.9 Å². The van der Waals surface area contributed by atoms with Crippen LogP contribution in [0.5, 0.6) is 0 Å². The Bertz CT molecular complexity index is 1450. The highest BCUT2D eigenvalue weighted by atomic mass is 32.1. The Hall–Kier alpha value is -3.77. The fraction of sp³-hybridized carbons (Fsp3) is 0.217. The highest BCUT2D eigenvalue weighted by Crippen LogP contribution is 2.35. The SMILES string of the molecule is O=C(Nc1ccc(CO)c(C(F)(F)F)c1)c1csc2c1CCN(C(=O)c1cnn3ccncc13)C2. The Morgan fingerprint density at radius 2 is 2.03 bits per heavy atom. The second-order valence-corrected chi connectivity index (χ2v) is 8.94. The summed E-state index contributed by atoms with van der Waals surface area (Å²) in [5, 5.41) is 17.5. The molecule has 0 saturated carbocycles. The Balaban J connectivity index is 1.34. The van der Waals surface area contributed by atoms with Crippen LogP contribution < -0.4 is 5.32 Å². The third kappa shape index (κ3) is 4.26. The lowest BCUT2D eigenvalue weighted by Gasteiger charge is -2.27. The van der Waals surface area contributed by atoms with Crippen LogP contribution in [0.1, 0.15) is 42.3 Å². The van der Waals surface area contributed by atoms with Crippen LogP contribution in [0, 0.1) is 0 Å². The number of anilines is 1. The van der Waals surface area contributed by atoms with Gasteiger partial charge in [-0.1, -0.05) is 6.07 Å². The molecule has 180 valence electrons. The number of aliphatic hydroxyl groups is 1. The van der Waals surface area contributed by atoms with E-state index in [1.54, 1.807) is 33.4 Å². The monoisotopic (exact) mass is 501 g/mol. The van der Waals surface area contributed by atoms with Gasteiger partial charge in [0.05, 0.1) is 47.8 Å². The van der Waals surface area contributed by atoms with Gasteiger partial charge in [-0.2, -0.15) is 18.3 Å². The van der Waals surface area contributed by atoms with Gasteiger partial charge in [-0.05, 0) is 29.7 Å². The van der Waals surface area contributed by atoms with Crippen LogP contribution in [0.25, 0.3) is 5.52 Å². The van der Waals surface area contributed by atoms with E-state index in [1.165, 1.54) is 23.6 Å². The lowest BCUT2D eigenvalue weighted by atomic mass is 10.0. The van der Waals surface area contributed by atoms with Crippen LogP contribution in [-0.2, 0) is 25.7 Å². The number of aromatic nitrogens is 3. The summed E-state index contributed by atoms with van der Waals surface area (Å²) in [6, 6.07) is 3.28. The molecule has 4 aromatic rings. The van der Waals surface area contributed by atoms with Crippen LogP contribution in [0.2, 0.25) is 0 Å². The smallest absolute Gasteiger partial charge is 0.392 e. The maximum absolute atomic E-state index is 13.3. The van der Waals surface area contributed by atoms with Crippen molar-refractivity contribution in [2.45, 2.75) is 25.7 Å². The lowest BCUT2D eigenvalue weighted by molar-refractivity contribution is -0.138. The first-order valence-corrected chi connectivity index (χ1v) is 11.4. The molecule has 35 heavy (non-hydrogen) atoms. The van der Waals surface area contributed by atoms with Gasteiger partial charge in [-0.15, -0.1) is 11.3 Å². The number of hydrogen-bond acceptors (Lipinski definition) is 6. The number of amides is 2. The number of alkyl halides is 3. The number of benzene rings is 1. The van der Waals surface area contributed by atoms with E-state index in [-0.39, 0.29) is 17.2 Å². The molecule has 4 heterocycles. The molecule has 0 spiro atoms. The Morgan fingerprint density at radius 1 is 1.20 bits per heavy atom. The van der Waals surface area contributed by atoms with Crippen LogP contribution in [0.3, 0.4) is 0 Å². The molecule has 0 aliphatic carbocycles. The minimum absolute atomic E-state index is 0.0196. The normalized spacial score (nSPS) is 13.7. The second-order valence-electron chi connectivity index (χ2n) is 7.97. The van der Waals surface area contributed by atoms with E-state index in [0.717, 1.165) is 22.6 Å². The molecule has 12 heteroatoms. The molecule has 2 N–H and O–H groups in total. The molecule has 1 aliphatic rings. The zero-order valence-corrected chi connectivity index (χ0v) is 18.9. The van der Waals surface area contributed by atoms with Crippen molar-refractivity contribution in [3.05, 3.63) is 81.1 Å². The zero-order valence-electron chi connectivity index (χ0n) is 18.0. The molecule has 3 aromatic heterocycles. The molecule has 5 rings (SSSR count). The van der Waals surface area contributed by atoms with Crippen molar-refractivity contribution in [2.24, 2.45) is 0 Å². The number of halogens is 3. The van der Waals surface area contributed by atoms with Crippen molar-refractivity contribution in [3.8, 4) is 0 Å². The summed E-state index contributed by atoms with van der Waals surface area (Å²) in [5.74, 6) is -0.720. The molecule has 0 saturated heterocycles. The summed E-state index contributed by atoms with van der Waals surface area (Å²) in [5.41, 5.74) is 0.896. The first-order valence-electron chi connectivity index (χ1n) is 10.5. The molecule has 8 nitrogen and oxygen atoms in total. The van der Waals surface area contributed by atoms with Crippen molar-refractivity contribution >= 4 is 34.4 Å². The van der Waals surface area contributed by atoms with Gasteiger partial charge in [-0.3, -0.25) is 14.6 Å². The fourth-order valence-corrected chi connectivity index (χ4v) is 5.21. The molecule has 0 bridgehead atoms. The molecule has 0 atom stereocenters. The molecule has 1 aromatic carbocycles. The minimum atomic E-state index is -4.66. The quantitative estimate of drug-likeness (QED) is 0.444. The predicted molar refractivity (Wildman–Crippen MR) is 121 cm³/mol. The lowest BCUT2D eigenvalue weighted by Crippen LogP contribution is -2.35. The third-order valence-corrected chi connectivity index (χ3v) is 6.89. The van der Waals surface area contributed by atoms with Gasteiger partial charge in [0.2, 0.25) is 0 Å². The summed E-state index contributed by atoms with van der Waals surface area (Å²) in [7, 11) is 0. The number of carbonyl (C=O) groups is 2. The zero-order chi connectivity index (χ0) is 24.7. The van der Waals surface area contributed by atoms with E-state index < -0.39 is 24.3 Å². The number of nitrogens with zero attached hydrogens (tertiary/aromatic N) is 4. The largest absolute Gasteiger partial charge is 0.416 e. The average Bonchev–Trinajstić information content (AvgIpc) is 3.47. The number of fused-ring (bicyclic) bond motifs is 2. The van der Waals surface area contributed by atoms with Crippen molar-refractivity contribution in [3.63, 3.8) is 0 Å². The second kappa shape index (κ2) is 8.78. The molecular formula is C23H18F3N5O3S. The standard InChI is InChI=1S/C23H18F3N5O3S/c24-23(25,26)18-7-14(2-1-13(18)11-32)29-21(33)17-12-35-20-10-30(5-3-15(17)20)22(34)16-8-28-31-6-4-27-9-19(16)31/h1-2,4,6-9,12,32H,3,5,10-11H2,(H,29,33).